The largest absolute Gasteiger partial charge is 0.454 e. The second-order valence-electron chi connectivity index (χ2n) is 5.34. The zero-order valence-electron chi connectivity index (χ0n) is 14.0. The lowest BCUT2D eigenvalue weighted by Crippen LogP contribution is -2.37. The summed E-state index contributed by atoms with van der Waals surface area (Å²) in [5.41, 5.74) is 3.83. The molecule has 0 saturated carbocycles. The van der Waals surface area contributed by atoms with Crippen molar-refractivity contribution in [1.82, 2.24) is 10.7 Å². The van der Waals surface area contributed by atoms with Crippen molar-refractivity contribution in [3.63, 3.8) is 0 Å². The van der Waals surface area contributed by atoms with Gasteiger partial charge in [-0.2, -0.15) is 5.10 Å². The first-order chi connectivity index (χ1) is 12.7. The Labute approximate surface area is 154 Å². The third-order valence-corrected chi connectivity index (χ3v) is 4.34. The van der Waals surface area contributed by atoms with Crippen molar-refractivity contribution in [1.29, 1.82) is 0 Å². The lowest BCUT2D eigenvalue weighted by molar-refractivity contribution is -0.139. The molecule has 1 aliphatic rings. The number of amides is 2. The Bertz CT molecular complexity index is 837. The second-order valence-corrected chi connectivity index (χ2v) is 6.22. The van der Waals surface area contributed by atoms with Gasteiger partial charge in [-0.1, -0.05) is 18.2 Å². The second kappa shape index (κ2) is 8.39. The third-order valence-electron chi connectivity index (χ3n) is 3.59. The first-order valence-corrected chi connectivity index (χ1v) is 9.02. The summed E-state index contributed by atoms with van der Waals surface area (Å²) in [6, 6.07) is 13.0. The Morgan fingerprint density at radius 1 is 1.12 bits per heavy atom. The van der Waals surface area contributed by atoms with Gasteiger partial charge in [-0.15, -0.1) is 11.8 Å². The van der Waals surface area contributed by atoms with E-state index in [2.05, 4.69) is 15.8 Å². The van der Waals surface area contributed by atoms with Crippen LogP contribution >= 0.6 is 11.8 Å². The van der Waals surface area contributed by atoms with E-state index in [1.54, 1.807) is 30.0 Å². The molecule has 0 unspecified atom stereocenters. The number of rotatable bonds is 5. The van der Waals surface area contributed by atoms with Crippen LogP contribution in [0.3, 0.4) is 0 Å². The van der Waals surface area contributed by atoms with Crippen LogP contribution in [0.5, 0.6) is 11.5 Å². The van der Waals surface area contributed by atoms with Gasteiger partial charge in [-0.05, 0) is 41.6 Å². The first-order valence-electron chi connectivity index (χ1n) is 7.79. The molecule has 0 aromatic heterocycles. The van der Waals surface area contributed by atoms with Gasteiger partial charge >= 0.3 is 11.8 Å². The highest BCUT2D eigenvalue weighted by atomic mass is 32.2. The molecule has 2 aromatic carbocycles. The van der Waals surface area contributed by atoms with Crippen LogP contribution in [0.25, 0.3) is 0 Å². The number of nitrogens with zero attached hydrogens (tertiary/aromatic N) is 1. The highest BCUT2D eigenvalue weighted by Gasteiger charge is 2.15. The lowest BCUT2D eigenvalue weighted by atomic mass is 10.2. The van der Waals surface area contributed by atoms with Gasteiger partial charge in [-0.3, -0.25) is 9.59 Å². The standard InChI is InChI=1S/C18H17N3O4S/c1-26-14-5-2-12(3-6-14)10-20-21-18(23)17(22)19-9-13-4-7-15-16(8-13)25-11-24-15/h2-8,10H,9,11H2,1H3,(H,19,22)(H,21,23)/b20-10+. The molecule has 1 aliphatic heterocycles. The number of thioether (sulfide) groups is 1. The fraction of sp³-hybridized carbons (Fsp3) is 0.167. The molecule has 1 heterocycles. The van der Waals surface area contributed by atoms with E-state index in [-0.39, 0.29) is 13.3 Å². The van der Waals surface area contributed by atoms with E-state index >= 15 is 0 Å². The number of carbonyl (C=O) groups excluding carboxylic acids is 2. The number of nitrogens with one attached hydrogen (secondary N) is 2. The molecule has 2 N–H and O–H groups in total. The Morgan fingerprint density at radius 3 is 2.65 bits per heavy atom. The maximum Gasteiger partial charge on any atom is 0.329 e. The van der Waals surface area contributed by atoms with Crippen LogP contribution in [-0.4, -0.2) is 31.1 Å². The maximum absolute atomic E-state index is 11.8. The molecule has 3 rings (SSSR count). The molecule has 0 atom stereocenters. The first kappa shape index (κ1) is 17.8. The predicted octanol–water partition coefficient (Wildman–Crippen LogP) is 1.90. The van der Waals surface area contributed by atoms with E-state index in [4.69, 9.17) is 9.47 Å². The molecule has 2 amide bonds. The summed E-state index contributed by atoms with van der Waals surface area (Å²) in [6.07, 6.45) is 3.47. The molecule has 0 bridgehead atoms. The van der Waals surface area contributed by atoms with Crippen molar-refractivity contribution in [3.8, 4) is 11.5 Å². The van der Waals surface area contributed by atoms with Crippen molar-refractivity contribution < 1.29 is 19.1 Å². The molecule has 0 fully saturated rings. The summed E-state index contributed by atoms with van der Waals surface area (Å²) in [5, 5.41) is 6.32. The van der Waals surface area contributed by atoms with E-state index < -0.39 is 11.8 Å². The predicted molar refractivity (Wildman–Crippen MR) is 98.4 cm³/mol. The Kier molecular flexibility index (Phi) is 5.75. The molecule has 0 radical (unpaired) electrons. The molecule has 26 heavy (non-hydrogen) atoms. The molecular weight excluding hydrogens is 354 g/mol. The molecule has 8 heteroatoms. The number of hydrogen-bond acceptors (Lipinski definition) is 6. The zero-order chi connectivity index (χ0) is 18.4. The van der Waals surface area contributed by atoms with Crippen molar-refractivity contribution in [2.24, 2.45) is 5.10 Å². The Balaban J connectivity index is 1.46. The Morgan fingerprint density at radius 2 is 1.88 bits per heavy atom. The molecule has 2 aromatic rings. The molecule has 134 valence electrons. The number of carbonyl (C=O) groups is 2. The molecule has 7 nitrogen and oxygen atoms in total. The average molecular weight is 371 g/mol. The molecular formula is C18H17N3O4S. The van der Waals surface area contributed by atoms with E-state index in [1.807, 2.05) is 30.5 Å². The van der Waals surface area contributed by atoms with Crippen molar-refractivity contribution >= 4 is 29.8 Å². The van der Waals surface area contributed by atoms with Crippen molar-refractivity contribution in [3.05, 3.63) is 53.6 Å². The van der Waals surface area contributed by atoms with Gasteiger partial charge in [0.1, 0.15) is 0 Å². The van der Waals surface area contributed by atoms with E-state index in [0.29, 0.717) is 11.5 Å². The lowest BCUT2D eigenvalue weighted by Gasteiger charge is -2.05. The SMILES string of the molecule is CSc1ccc(/C=N/NC(=O)C(=O)NCc2ccc3c(c2)OCO3)cc1. The normalized spacial score (nSPS) is 12.2. The van der Waals surface area contributed by atoms with Crippen LogP contribution in [0.1, 0.15) is 11.1 Å². The quantitative estimate of drug-likeness (QED) is 0.363. The van der Waals surface area contributed by atoms with Gasteiger partial charge in [-0.25, -0.2) is 5.43 Å². The smallest absolute Gasteiger partial charge is 0.329 e. The van der Waals surface area contributed by atoms with Gasteiger partial charge in [0, 0.05) is 11.4 Å². The summed E-state index contributed by atoms with van der Waals surface area (Å²) in [6.45, 7) is 0.383. The minimum atomic E-state index is -0.831. The van der Waals surface area contributed by atoms with Crippen LogP contribution in [0.15, 0.2) is 52.5 Å². The highest BCUT2D eigenvalue weighted by Crippen LogP contribution is 2.32. The summed E-state index contributed by atoms with van der Waals surface area (Å²) in [7, 11) is 0. The fourth-order valence-corrected chi connectivity index (χ4v) is 2.63. The molecule has 0 spiro atoms. The summed E-state index contributed by atoms with van der Waals surface area (Å²) < 4.78 is 10.5. The maximum atomic E-state index is 11.8. The summed E-state index contributed by atoms with van der Waals surface area (Å²) >= 11 is 1.64. The van der Waals surface area contributed by atoms with Crippen LogP contribution in [0.2, 0.25) is 0 Å². The van der Waals surface area contributed by atoms with Gasteiger partial charge in [0.25, 0.3) is 0 Å². The van der Waals surface area contributed by atoms with E-state index in [9.17, 15) is 9.59 Å². The monoisotopic (exact) mass is 371 g/mol. The van der Waals surface area contributed by atoms with Gasteiger partial charge in [0.05, 0.1) is 6.21 Å². The number of benzene rings is 2. The highest BCUT2D eigenvalue weighted by molar-refractivity contribution is 7.98. The van der Waals surface area contributed by atoms with Crippen molar-refractivity contribution in [2.45, 2.75) is 11.4 Å². The van der Waals surface area contributed by atoms with Crippen LogP contribution in [0.4, 0.5) is 0 Å². The van der Waals surface area contributed by atoms with E-state index in [0.717, 1.165) is 16.0 Å². The van der Waals surface area contributed by atoms with Gasteiger partial charge < -0.3 is 14.8 Å². The topological polar surface area (TPSA) is 89.0 Å². The molecule has 0 aliphatic carbocycles. The van der Waals surface area contributed by atoms with Crippen molar-refractivity contribution in [2.75, 3.05) is 13.0 Å². The van der Waals surface area contributed by atoms with Crippen LogP contribution < -0.4 is 20.2 Å². The number of hydrogen-bond donors (Lipinski definition) is 2. The minimum Gasteiger partial charge on any atom is -0.454 e. The summed E-state index contributed by atoms with van der Waals surface area (Å²) in [5.74, 6) is -0.309. The number of hydrazone groups is 1. The zero-order valence-corrected chi connectivity index (χ0v) is 14.8. The third kappa shape index (κ3) is 4.54. The van der Waals surface area contributed by atoms with Gasteiger partial charge in [0.15, 0.2) is 11.5 Å². The van der Waals surface area contributed by atoms with E-state index in [1.165, 1.54) is 6.21 Å². The van der Waals surface area contributed by atoms with Crippen LogP contribution in [-0.2, 0) is 16.1 Å². The Hall–Kier alpha value is -3.00. The fourth-order valence-electron chi connectivity index (χ4n) is 2.22. The minimum absolute atomic E-state index is 0.186. The number of fused-ring (bicyclic) bond motifs is 1. The van der Waals surface area contributed by atoms with Gasteiger partial charge in [0.2, 0.25) is 6.79 Å². The number of ether oxygens (including phenoxy) is 2. The summed E-state index contributed by atoms with van der Waals surface area (Å²) in [4.78, 5) is 24.7. The molecule has 0 saturated heterocycles. The van der Waals surface area contributed by atoms with Crippen LogP contribution in [0, 0.1) is 0 Å². The average Bonchev–Trinajstić information content (AvgIpc) is 3.14.